The highest BCUT2D eigenvalue weighted by Gasteiger charge is 2.23. The highest BCUT2D eigenvalue weighted by atomic mass is 32.2. The molecule has 176 valence electrons. The number of aromatic nitrogens is 2. The molecule has 0 unspecified atom stereocenters. The summed E-state index contributed by atoms with van der Waals surface area (Å²) in [6, 6.07) is 11.0. The van der Waals surface area contributed by atoms with Gasteiger partial charge in [0.05, 0.1) is 26.3 Å². The molecule has 1 heterocycles. The Morgan fingerprint density at radius 3 is 2.45 bits per heavy atom. The number of nitrogens with two attached hydrogens (primary N) is 1. The zero-order valence-electron chi connectivity index (χ0n) is 18.8. The average Bonchev–Trinajstić information content (AvgIpc) is 2.80. The maximum Gasteiger partial charge on any atom is 0.244 e. The lowest BCUT2D eigenvalue weighted by atomic mass is 10.0. The number of hydrogen-bond donors (Lipinski definition) is 3. The molecular weight excluding hydrogens is 446 g/mol. The Kier molecular flexibility index (Phi) is 7.34. The van der Waals surface area contributed by atoms with Crippen LogP contribution in [0.3, 0.4) is 0 Å². The second-order valence-corrected chi connectivity index (χ2v) is 9.35. The first kappa shape index (κ1) is 24.2. The van der Waals surface area contributed by atoms with Gasteiger partial charge in [-0.1, -0.05) is 26.0 Å². The molecule has 1 atom stereocenters. The van der Waals surface area contributed by atoms with Crippen molar-refractivity contribution in [3.05, 3.63) is 48.3 Å². The number of hydrogen-bond acceptors (Lipinski definition) is 8. The number of carbonyl (C=O) groups excluding carboxylic acids is 1. The van der Waals surface area contributed by atoms with E-state index in [9.17, 15) is 13.2 Å². The second kappa shape index (κ2) is 10.0. The van der Waals surface area contributed by atoms with Gasteiger partial charge in [0.15, 0.2) is 0 Å². The normalized spacial score (nSPS) is 12.5. The predicted octanol–water partition coefficient (Wildman–Crippen LogP) is 2.05. The van der Waals surface area contributed by atoms with Crippen LogP contribution in [0.15, 0.2) is 47.4 Å². The van der Waals surface area contributed by atoms with Gasteiger partial charge in [-0.05, 0) is 30.2 Å². The van der Waals surface area contributed by atoms with Gasteiger partial charge in [-0.3, -0.25) is 4.79 Å². The first-order valence-corrected chi connectivity index (χ1v) is 11.7. The lowest BCUT2D eigenvalue weighted by molar-refractivity contribution is -0.119. The van der Waals surface area contributed by atoms with E-state index in [4.69, 9.17) is 15.2 Å². The number of nitrogens with zero attached hydrogens (tertiary/aromatic N) is 2. The molecule has 0 saturated heterocycles. The smallest absolute Gasteiger partial charge is 0.244 e. The molecule has 1 aromatic heterocycles. The minimum Gasteiger partial charge on any atom is -0.497 e. The van der Waals surface area contributed by atoms with E-state index in [1.165, 1.54) is 26.4 Å². The van der Waals surface area contributed by atoms with Gasteiger partial charge in [-0.25, -0.2) is 23.1 Å². The van der Waals surface area contributed by atoms with E-state index in [1.54, 1.807) is 12.1 Å². The Balaban J connectivity index is 1.95. The van der Waals surface area contributed by atoms with E-state index in [-0.39, 0.29) is 28.9 Å². The number of carbonyl (C=O) groups is 1. The summed E-state index contributed by atoms with van der Waals surface area (Å²) < 4.78 is 38.8. The number of amides is 1. The number of methoxy groups -OCH3 is 2. The van der Waals surface area contributed by atoms with Gasteiger partial charge >= 0.3 is 0 Å². The number of rotatable bonds is 10. The minimum atomic E-state index is -3.98. The third kappa shape index (κ3) is 5.49. The average molecular weight is 474 g/mol. The summed E-state index contributed by atoms with van der Waals surface area (Å²) in [6.45, 7) is 3.54. The van der Waals surface area contributed by atoms with Crippen molar-refractivity contribution in [2.24, 2.45) is 11.7 Å². The molecule has 3 rings (SSSR count). The molecule has 0 radical (unpaired) electrons. The molecule has 0 aliphatic carbocycles. The van der Waals surface area contributed by atoms with Crippen molar-refractivity contribution in [1.29, 1.82) is 0 Å². The van der Waals surface area contributed by atoms with E-state index < -0.39 is 22.0 Å². The summed E-state index contributed by atoms with van der Waals surface area (Å²) in [5, 5.41) is 3.77. The maximum absolute atomic E-state index is 13.0. The number of sulfonamides is 1. The summed E-state index contributed by atoms with van der Waals surface area (Å²) in [5.41, 5.74) is 6.13. The predicted molar refractivity (Wildman–Crippen MR) is 125 cm³/mol. The fourth-order valence-corrected chi connectivity index (χ4v) is 4.42. The topological polar surface area (TPSA) is 146 Å². The number of fused-ring (bicyclic) bond motifs is 1. The molecule has 2 aromatic carbocycles. The third-order valence-corrected chi connectivity index (χ3v) is 6.42. The fourth-order valence-electron chi connectivity index (χ4n) is 3.26. The number of anilines is 1. The van der Waals surface area contributed by atoms with Gasteiger partial charge in [-0.15, -0.1) is 0 Å². The Labute approximate surface area is 192 Å². The molecule has 11 heteroatoms. The summed E-state index contributed by atoms with van der Waals surface area (Å²) in [7, 11) is -1.15. The van der Waals surface area contributed by atoms with E-state index in [0.29, 0.717) is 22.5 Å². The molecule has 4 N–H and O–H groups in total. The number of ether oxygens (including phenoxy) is 2. The lowest BCUT2D eigenvalue weighted by Gasteiger charge is -2.21. The van der Waals surface area contributed by atoms with Crippen LogP contribution in [0.25, 0.3) is 10.9 Å². The van der Waals surface area contributed by atoms with Crippen molar-refractivity contribution < 1.29 is 22.7 Å². The highest BCUT2D eigenvalue weighted by molar-refractivity contribution is 7.89. The van der Waals surface area contributed by atoms with Crippen LogP contribution in [-0.2, 0) is 21.4 Å². The third-order valence-electron chi connectivity index (χ3n) is 5.00. The quantitative estimate of drug-likeness (QED) is 0.406. The molecule has 1 amide bonds. The zero-order valence-corrected chi connectivity index (χ0v) is 19.6. The van der Waals surface area contributed by atoms with Gasteiger partial charge in [0.2, 0.25) is 15.9 Å². The summed E-state index contributed by atoms with van der Waals surface area (Å²) >= 11 is 0. The second-order valence-electron chi connectivity index (χ2n) is 7.62. The van der Waals surface area contributed by atoms with Crippen LogP contribution in [-0.4, -0.2) is 44.6 Å². The number of para-hydroxylation sites is 1. The Hall–Kier alpha value is -3.44. The van der Waals surface area contributed by atoms with Gasteiger partial charge < -0.3 is 20.5 Å². The van der Waals surface area contributed by atoms with Gasteiger partial charge in [0, 0.05) is 11.5 Å². The van der Waals surface area contributed by atoms with E-state index >= 15 is 0 Å². The Morgan fingerprint density at radius 2 is 1.82 bits per heavy atom. The monoisotopic (exact) mass is 473 g/mol. The number of benzene rings is 2. The molecule has 0 aliphatic rings. The molecule has 0 bridgehead atoms. The van der Waals surface area contributed by atoms with Crippen LogP contribution in [0.1, 0.15) is 19.7 Å². The van der Waals surface area contributed by atoms with Crippen LogP contribution < -0.4 is 25.2 Å². The van der Waals surface area contributed by atoms with Crippen molar-refractivity contribution in [2.75, 3.05) is 19.5 Å². The Morgan fingerprint density at radius 1 is 1.09 bits per heavy atom. The first-order chi connectivity index (χ1) is 15.7. The Bertz CT molecular complexity index is 1260. The molecule has 0 spiro atoms. The van der Waals surface area contributed by atoms with Crippen LogP contribution in [0, 0.1) is 5.92 Å². The van der Waals surface area contributed by atoms with Crippen LogP contribution in [0.2, 0.25) is 0 Å². The SMILES string of the molecule is COc1ccc(OC)c(S(=O)(=O)NCc2nc(N[C@H](C(N)=O)C(C)C)c3ccccc3n2)c1. The van der Waals surface area contributed by atoms with Crippen LogP contribution in [0.5, 0.6) is 11.5 Å². The van der Waals surface area contributed by atoms with Gasteiger partial charge in [0.25, 0.3) is 0 Å². The van der Waals surface area contributed by atoms with E-state index in [1.807, 2.05) is 32.0 Å². The van der Waals surface area contributed by atoms with Crippen LogP contribution >= 0.6 is 0 Å². The molecule has 10 nitrogen and oxygen atoms in total. The summed E-state index contributed by atoms with van der Waals surface area (Å²) in [5.74, 6) is 0.556. The van der Waals surface area contributed by atoms with E-state index in [0.717, 1.165) is 0 Å². The number of primary amides is 1. The largest absolute Gasteiger partial charge is 0.497 e. The minimum absolute atomic E-state index is 0.0721. The first-order valence-electron chi connectivity index (χ1n) is 10.2. The standard InChI is InChI=1S/C22H27N5O5S/c1-13(2)20(21(23)28)27-22-15-7-5-6-8-16(15)25-19(26-22)12-24-33(29,30)18-11-14(31-3)9-10-17(18)32-4/h5-11,13,20,24H,12H2,1-4H3,(H2,23,28)(H,25,26,27)/t20-/m0/s1. The number of nitrogens with one attached hydrogen (secondary N) is 2. The highest BCUT2D eigenvalue weighted by Crippen LogP contribution is 2.28. The van der Waals surface area contributed by atoms with Crippen molar-refractivity contribution in [1.82, 2.24) is 14.7 Å². The molecule has 3 aromatic rings. The van der Waals surface area contributed by atoms with Crippen molar-refractivity contribution >= 4 is 32.7 Å². The van der Waals surface area contributed by atoms with Crippen LogP contribution in [0.4, 0.5) is 5.82 Å². The molecule has 0 fully saturated rings. The molecule has 0 saturated carbocycles. The molecule has 33 heavy (non-hydrogen) atoms. The van der Waals surface area contributed by atoms with Crippen molar-refractivity contribution in [3.8, 4) is 11.5 Å². The van der Waals surface area contributed by atoms with Crippen molar-refractivity contribution in [2.45, 2.75) is 31.3 Å². The van der Waals surface area contributed by atoms with Gasteiger partial charge in [-0.2, -0.15) is 0 Å². The van der Waals surface area contributed by atoms with Gasteiger partial charge in [0.1, 0.15) is 34.1 Å². The fraction of sp³-hybridized carbons (Fsp3) is 0.318. The molecular formula is C22H27N5O5S. The van der Waals surface area contributed by atoms with Crippen molar-refractivity contribution in [3.63, 3.8) is 0 Å². The summed E-state index contributed by atoms with van der Waals surface area (Å²) in [4.78, 5) is 20.7. The summed E-state index contributed by atoms with van der Waals surface area (Å²) in [6.07, 6.45) is 0. The zero-order chi connectivity index (χ0) is 24.2. The molecule has 0 aliphatic heterocycles. The lowest BCUT2D eigenvalue weighted by Crippen LogP contribution is -2.40. The maximum atomic E-state index is 13.0. The van der Waals surface area contributed by atoms with E-state index in [2.05, 4.69) is 20.0 Å².